The molecule has 2 aromatic carbocycles. The van der Waals surface area contributed by atoms with Crippen molar-refractivity contribution in [3.8, 4) is 0 Å². The van der Waals surface area contributed by atoms with Gasteiger partial charge in [0.05, 0.1) is 11.9 Å². The van der Waals surface area contributed by atoms with E-state index in [1.54, 1.807) is 6.20 Å². The average Bonchev–Trinajstić information content (AvgIpc) is 2.47. The first-order valence-electron chi connectivity index (χ1n) is 6.91. The molecule has 21 heavy (non-hydrogen) atoms. The molecule has 3 heteroatoms. The molecular formula is C18H16N2O. The third kappa shape index (κ3) is 3.08. The minimum Gasteiger partial charge on any atom is -0.326 e. The number of rotatable bonds is 3. The number of pyridine rings is 1. The summed E-state index contributed by atoms with van der Waals surface area (Å²) in [6.07, 6.45) is 2.08. The Balaban J connectivity index is 1.80. The molecule has 3 rings (SSSR count). The van der Waals surface area contributed by atoms with Crippen LogP contribution in [0.2, 0.25) is 0 Å². The van der Waals surface area contributed by atoms with E-state index in [4.69, 9.17) is 0 Å². The van der Waals surface area contributed by atoms with E-state index in [9.17, 15) is 4.79 Å². The number of nitrogens with one attached hydrogen (secondary N) is 1. The molecule has 1 N–H and O–H groups in total. The number of fused-ring (bicyclic) bond motifs is 1. The highest BCUT2D eigenvalue weighted by Crippen LogP contribution is 2.17. The van der Waals surface area contributed by atoms with Crippen molar-refractivity contribution < 1.29 is 4.79 Å². The fourth-order valence-corrected chi connectivity index (χ4v) is 2.41. The lowest BCUT2D eigenvalue weighted by molar-refractivity contribution is -0.115. The zero-order chi connectivity index (χ0) is 14.7. The van der Waals surface area contributed by atoms with Gasteiger partial charge in [-0.25, -0.2) is 0 Å². The highest BCUT2D eigenvalue weighted by atomic mass is 16.1. The summed E-state index contributed by atoms with van der Waals surface area (Å²) < 4.78 is 0. The van der Waals surface area contributed by atoms with Crippen molar-refractivity contribution in [2.45, 2.75) is 13.3 Å². The molecule has 0 atom stereocenters. The van der Waals surface area contributed by atoms with Crippen LogP contribution < -0.4 is 5.32 Å². The van der Waals surface area contributed by atoms with Crippen LogP contribution in [0.4, 0.5) is 5.69 Å². The Morgan fingerprint density at radius 2 is 1.90 bits per heavy atom. The maximum Gasteiger partial charge on any atom is 0.228 e. The summed E-state index contributed by atoms with van der Waals surface area (Å²) in [7, 11) is 0. The maximum absolute atomic E-state index is 12.2. The molecule has 1 amide bonds. The van der Waals surface area contributed by atoms with E-state index in [2.05, 4.69) is 10.3 Å². The van der Waals surface area contributed by atoms with E-state index in [-0.39, 0.29) is 5.91 Å². The number of nitrogens with zero attached hydrogens (tertiary/aromatic N) is 1. The summed E-state index contributed by atoms with van der Waals surface area (Å²) in [6, 6.07) is 17.6. The average molecular weight is 276 g/mol. The lowest BCUT2D eigenvalue weighted by Gasteiger charge is -2.08. The summed E-state index contributed by atoms with van der Waals surface area (Å²) >= 11 is 0. The fourth-order valence-electron chi connectivity index (χ4n) is 2.41. The number of amides is 1. The Hall–Kier alpha value is -2.68. The van der Waals surface area contributed by atoms with Crippen LogP contribution in [0.5, 0.6) is 0 Å². The summed E-state index contributed by atoms with van der Waals surface area (Å²) in [5.41, 5.74) is 3.78. The predicted octanol–water partition coefficient (Wildman–Crippen LogP) is 3.72. The molecule has 0 spiro atoms. The van der Waals surface area contributed by atoms with Gasteiger partial charge in [-0.15, -0.1) is 0 Å². The first-order chi connectivity index (χ1) is 10.2. The Kier molecular flexibility index (Phi) is 3.65. The molecule has 0 aliphatic carbocycles. The molecule has 1 aromatic heterocycles. The predicted molar refractivity (Wildman–Crippen MR) is 85.3 cm³/mol. The van der Waals surface area contributed by atoms with Crippen LogP contribution in [0, 0.1) is 6.92 Å². The highest BCUT2D eigenvalue weighted by molar-refractivity contribution is 5.95. The number of para-hydroxylation sites is 1. The van der Waals surface area contributed by atoms with Gasteiger partial charge < -0.3 is 5.32 Å². The number of aromatic nitrogens is 1. The second kappa shape index (κ2) is 5.75. The van der Waals surface area contributed by atoms with E-state index in [0.717, 1.165) is 27.7 Å². The zero-order valence-corrected chi connectivity index (χ0v) is 11.8. The molecule has 104 valence electrons. The maximum atomic E-state index is 12.2. The second-order valence-electron chi connectivity index (χ2n) is 5.09. The molecule has 0 saturated heterocycles. The second-order valence-corrected chi connectivity index (χ2v) is 5.09. The van der Waals surface area contributed by atoms with Crippen LogP contribution in [0.1, 0.15) is 11.1 Å². The SMILES string of the molecule is Cc1cccc(NC(=O)Cc2cccc3cccnc23)c1. The summed E-state index contributed by atoms with van der Waals surface area (Å²) in [6.45, 7) is 2.00. The third-order valence-corrected chi connectivity index (χ3v) is 3.37. The van der Waals surface area contributed by atoms with Gasteiger partial charge in [-0.3, -0.25) is 9.78 Å². The standard InChI is InChI=1S/C18H16N2O/c1-13-5-2-9-16(11-13)20-17(21)12-15-7-3-6-14-8-4-10-19-18(14)15/h2-11H,12H2,1H3,(H,20,21). The van der Waals surface area contributed by atoms with E-state index in [1.165, 1.54) is 0 Å². The largest absolute Gasteiger partial charge is 0.326 e. The van der Waals surface area contributed by atoms with Crippen LogP contribution in [-0.2, 0) is 11.2 Å². The van der Waals surface area contributed by atoms with Gasteiger partial charge in [-0.05, 0) is 36.2 Å². The van der Waals surface area contributed by atoms with Gasteiger partial charge >= 0.3 is 0 Å². The van der Waals surface area contributed by atoms with Gasteiger partial charge in [-0.2, -0.15) is 0 Å². The Morgan fingerprint density at radius 1 is 1.10 bits per heavy atom. The molecular weight excluding hydrogens is 260 g/mol. The molecule has 0 radical (unpaired) electrons. The molecule has 0 aliphatic heterocycles. The van der Waals surface area contributed by atoms with Crippen molar-refractivity contribution >= 4 is 22.5 Å². The Bertz CT molecular complexity index is 791. The molecule has 3 aromatic rings. The van der Waals surface area contributed by atoms with E-state index in [1.807, 2.05) is 61.5 Å². The van der Waals surface area contributed by atoms with Crippen molar-refractivity contribution in [3.05, 3.63) is 71.9 Å². The molecule has 0 fully saturated rings. The molecule has 3 nitrogen and oxygen atoms in total. The van der Waals surface area contributed by atoms with Gasteiger partial charge in [0, 0.05) is 17.3 Å². The van der Waals surface area contributed by atoms with E-state index >= 15 is 0 Å². The highest BCUT2D eigenvalue weighted by Gasteiger charge is 2.08. The Labute approximate surface area is 123 Å². The minimum atomic E-state index is -0.0289. The van der Waals surface area contributed by atoms with E-state index in [0.29, 0.717) is 6.42 Å². The summed E-state index contributed by atoms with van der Waals surface area (Å²) in [4.78, 5) is 16.6. The molecule has 0 bridgehead atoms. The first-order valence-corrected chi connectivity index (χ1v) is 6.91. The number of hydrogen-bond acceptors (Lipinski definition) is 2. The van der Waals surface area contributed by atoms with Crippen molar-refractivity contribution in [1.82, 2.24) is 4.98 Å². The number of hydrogen-bond donors (Lipinski definition) is 1. The van der Waals surface area contributed by atoms with Crippen molar-refractivity contribution in [2.75, 3.05) is 5.32 Å². The number of carbonyl (C=O) groups is 1. The van der Waals surface area contributed by atoms with E-state index < -0.39 is 0 Å². The van der Waals surface area contributed by atoms with Crippen molar-refractivity contribution in [3.63, 3.8) is 0 Å². The third-order valence-electron chi connectivity index (χ3n) is 3.37. The first kappa shape index (κ1) is 13.3. The number of aryl methyl sites for hydroxylation is 1. The lowest BCUT2D eigenvalue weighted by atomic mass is 10.1. The van der Waals surface area contributed by atoms with Crippen LogP contribution in [0.25, 0.3) is 10.9 Å². The van der Waals surface area contributed by atoms with Crippen LogP contribution in [0.15, 0.2) is 60.8 Å². The number of carbonyl (C=O) groups excluding carboxylic acids is 1. The number of benzene rings is 2. The van der Waals surface area contributed by atoms with Crippen molar-refractivity contribution in [1.29, 1.82) is 0 Å². The summed E-state index contributed by atoms with van der Waals surface area (Å²) in [5.74, 6) is -0.0289. The van der Waals surface area contributed by atoms with Gasteiger partial charge in [0.15, 0.2) is 0 Å². The van der Waals surface area contributed by atoms with Gasteiger partial charge in [-0.1, -0.05) is 36.4 Å². The zero-order valence-electron chi connectivity index (χ0n) is 11.8. The van der Waals surface area contributed by atoms with Gasteiger partial charge in [0.2, 0.25) is 5.91 Å². The molecule has 0 aliphatic rings. The van der Waals surface area contributed by atoms with Crippen LogP contribution in [0.3, 0.4) is 0 Å². The van der Waals surface area contributed by atoms with Gasteiger partial charge in [0.1, 0.15) is 0 Å². The monoisotopic (exact) mass is 276 g/mol. The minimum absolute atomic E-state index is 0.0289. The fraction of sp³-hybridized carbons (Fsp3) is 0.111. The molecule has 1 heterocycles. The topological polar surface area (TPSA) is 42.0 Å². The van der Waals surface area contributed by atoms with Crippen molar-refractivity contribution in [2.24, 2.45) is 0 Å². The quantitative estimate of drug-likeness (QED) is 0.792. The molecule has 0 unspecified atom stereocenters. The Morgan fingerprint density at radius 3 is 2.76 bits per heavy atom. The normalized spacial score (nSPS) is 10.5. The molecule has 0 saturated carbocycles. The van der Waals surface area contributed by atoms with Crippen LogP contribution >= 0.6 is 0 Å². The lowest BCUT2D eigenvalue weighted by Crippen LogP contribution is -2.14. The van der Waals surface area contributed by atoms with Gasteiger partial charge in [0.25, 0.3) is 0 Å². The summed E-state index contributed by atoms with van der Waals surface area (Å²) in [5, 5.41) is 3.98. The smallest absolute Gasteiger partial charge is 0.228 e. The van der Waals surface area contributed by atoms with Crippen LogP contribution in [-0.4, -0.2) is 10.9 Å². The number of anilines is 1.